The van der Waals surface area contributed by atoms with Gasteiger partial charge in [-0.2, -0.15) is 0 Å². The fourth-order valence-corrected chi connectivity index (χ4v) is 6.84. The third-order valence-electron chi connectivity index (χ3n) is 7.67. The van der Waals surface area contributed by atoms with Crippen LogP contribution in [0.3, 0.4) is 0 Å². The first kappa shape index (κ1) is 29.5. The molecule has 1 aromatic heterocycles. The molecule has 11 heteroatoms. The van der Waals surface area contributed by atoms with Crippen molar-refractivity contribution < 1.29 is 18.9 Å². The predicted molar refractivity (Wildman–Crippen MR) is 168 cm³/mol. The number of hydrogen-bond acceptors (Lipinski definition) is 8. The van der Waals surface area contributed by atoms with Crippen LogP contribution in [0.15, 0.2) is 89.3 Å². The normalized spacial score (nSPS) is 16.6. The number of nitrogens with one attached hydrogen (secondary N) is 2. The highest BCUT2D eigenvalue weighted by molar-refractivity contribution is 7.89. The summed E-state index contributed by atoms with van der Waals surface area (Å²) >= 11 is 0.0311. The molecule has 3 aromatic carbocycles. The highest BCUT2D eigenvalue weighted by Crippen LogP contribution is 2.35. The molecule has 0 spiro atoms. The third kappa shape index (κ3) is 6.98. The van der Waals surface area contributed by atoms with Gasteiger partial charge in [-0.1, -0.05) is 42.5 Å². The number of nitrogens with zero attached hydrogens (tertiary/aromatic N) is 3. The van der Waals surface area contributed by atoms with Crippen LogP contribution in [0.2, 0.25) is 0 Å². The first-order valence-corrected chi connectivity index (χ1v) is 16.3. The summed E-state index contributed by atoms with van der Waals surface area (Å²) < 4.78 is 21.3. The van der Waals surface area contributed by atoms with E-state index in [0.717, 1.165) is 61.5 Å². The highest BCUT2D eigenvalue weighted by atomic mass is 32.2. The summed E-state index contributed by atoms with van der Waals surface area (Å²) in [6.45, 7) is 5.42. The van der Waals surface area contributed by atoms with Crippen molar-refractivity contribution in [2.24, 2.45) is 0 Å². The number of morpholine rings is 1. The van der Waals surface area contributed by atoms with Crippen LogP contribution in [-0.4, -0.2) is 70.5 Å². The number of anilines is 1. The molecule has 1 unspecified atom stereocenters. The van der Waals surface area contributed by atoms with Crippen LogP contribution in [0.4, 0.5) is 5.13 Å². The Balaban J connectivity index is 1.12. The zero-order valence-electron chi connectivity index (χ0n) is 23.6. The summed E-state index contributed by atoms with van der Waals surface area (Å²) in [5, 5.41) is 5.15. The van der Waals surface area contributed by atoms with Crippen LogP contribution in [0.1, 0.15) is 33.9 Å². The lowest BCUT2D eigenvalue weighted by Crippen LogP contribution is -2.38. The number of carbonyl (C=O) groups is 2. The lowest BCUT2D eigenvalue weighted by molar-refractivity contribution is -0.120. The molecule has 2 N–H and O–H groups in total. The molecule has 2 atom stereocenters. The second kappa shape index (κ2) is 13.8. The number of carbonyl (C=O) groups excluding carboxylic acids is 2. The fraction of sp³-hybridized carbons (Fsp3) is 0.281. The fourth-order valence-electron chi connectivity index (χ4n) is 5.43. The molecule has 6 rings (SSSR count). The van der Waals surface area contributed by atoms with Gasteiger partial charge in [-0.25, -0.2) is 4.98 Å². The lowest BCUT2D eigenvalue weighted by Gasteiger charge is -2.27. The first-order valence-electron chi connectivity index (χ1n) is 14.3. The minimum absolute atomic E-state index is 0.195. The van der Waals surface area contributed by atoms with E-state index in [1.54, 1.807) is 16.5 Å². The van der Waals surface area contributed by atoms with Crippen LogP contribution in [0, 0.1) is 0 Å². The number of amides is 2. The minimum atomic E-state index is -1.30. The van der Waals surface area contributed by atoms with Gasteiger partial charge in [0.15, 0.2) is 10.0 Å². The van der Waals surface area contributed by atoms with Crippen molar-refractivity contribution in [2.75, 3.05) is 44.7 Å². The van der Waals surface area contributed by atoms with E-state index in [2.05, 4.69) is 19.9 Å². The molecule has 222 valence electrons. The molecule has 0 aliphatic carbocycles. The molecule has 2 amide bonds. The topological polar surface area (TPSA) is 110 Å². The smallest absolute Gasteiger partial charge is 0.255 e. The Morgan fingerprint density at radius 3 is 2.56 bits per heavy atom. The first-order chi connectivity index (χ1) is 21.1. The van der Waals surface area contributed by atoms with Crippen molar-refractivity contribution in [3.63, 3.8) is 0 Å². The summed E-state index contributed by atoms with van der Waals surface area (Å²) in [5.41, 5.74) is 3.98. The predicted octanol–water partition coefficient (Wildman–Crippen LogP) is 4.48. The largest absolute Gasteiger partial charge is 0.593 e. The Bertz CT molecular complexity index is 1530. The Labute approximate surface area is 258 Å². The van der Waals surface area contributed by atoms with E-state index in [4.69, 9.17) is 4.74 Å². The van der Waals surface area contributed by atoms with Crippen molar-refractivity contribution >= 4 is 39.6 Å². The summed E-state index contributed by atoms with van der Waals surface area (Å²) in [4.78, 5) is 36.1. The van der Waals surface area contributed by atoms with Crippen LogP contribution >= 0.6 is 11.3 Å². The molecular formula is C32H33N5O4S2. The average molecular weight is 616 g/mol. The van der Waals surface area contributed by atoms with Gasteiger partial charge in [0.2, 0.25) is 0 Å². The van der Waals surface area contributed by atoms with Crippen molar-refractivity contribution in [3.05, 3.63) is 101 Å². The summed E-state index contributed by atoms with van der Waals surface area (Å²) in [6, 6.07) is 21.9. The quantitative estimate of drug-likeness (QED) is 0.189. The van der Waals surface area contributed by atoms with E-state index < -0.39 is 17.4 Å². The lowest BCUT2D eigenvalue weighted by atomic mass is 10.0. The molecule has 9 nitrogen and oxygen atoms in total. The van der Waals surface area contributed by atoms with E-state index in [1.165, 1.54) is 11.3 Å². The molecule has 43 heavy (non-hydrogen) atoms. The monoisotopic (exact) mass is 615 g/mol. The minimum Gasteiger partial charge on any atom is -0.593 e. The number of hydrogen-bond donors (Lipinski definition) is 2. The SMILES string of the molecule is O=C(Nc1nccs1)[C@@H](c1ccccc1)N1Cc2ccc(-c3ccc([S+]([O-])NCCCN4CCOCC4)cc3)cc2C1=O. The van der Waals surface area contributed by atoms with Crippen LogP contribution in [-0.2, 0) is 27.4 Å². The van der Waals surface area contributed by atoms with Crippen molar-refractivity contribution in [1.29, 1.82) is 0 Å². The molecule has 1 fully saturated rings. The van der Waals surface area contributed by atoms with Gasteiger partial charge in [0.1, 0.15) is 6.04 Å². The molecular weight excluding hydrogens is 583 g/mol. The summed E-state index contributed by atoms with van der Waals surface area (Å²) in [7, 11) is 0. The second-order valence-corrected chi connectivity index (χ2v) is 12.6. The van der Waals surface area contributed by atoms with Crippen molar-refractivity contribution in [1.82, 2.24) is 19.5 Å². The summed E-state index contributed by atoms with van der Waals surface area (Å²) in [5.74, 6) is -0.500. The van der Waals surface area contributed by atoms with Crippen molar-refractivity contribution in [3.8, 4) is 11.1 Å². The standard InChI is InChI=1S/C32H33N5O4S2/c38-30(35-32-33-14-20-42-32)29(24-5-2-1-3-6-24)37-22-26-8-7-25(21-28(26)31(37)39)23-9-11-27(12-10-23)43(40)34-13-4-15-36-16-18-41-19-17-36/h1-3,5-12,14,20-21,29,34H,4,13,15-19,22H2,(H,33,35,38)/t29-,43?/m1/s1. The maximum Gasteiger partial charge on any atom is 0.255 e. The van der Waals surface area contributed by atoms with E-state index in [0.29, 0.717) is 28.7 Å². The molecule has 0 saturated carbocycles. The number of aromatic nitrogens is 1. The Kier molecular flexibility index (Phi) is 9.47. The van der Waals surface area contributed by atoms with Crippen molar-refractivity contribution in [2.45, 2.75) is 23.9 Å². The number of thiazole rings is 1. The second-order valence-electron chi connectivity index (χ2n) is 10.4. The molecule has 1 saturated heterocycles. The van der Waals surface area contributed by atoms with Crippen LogP contribution < -0.4 is 10.0 Å². The van der Waals surface area contributed by atoms with E-state index in [-0.39, 0.29) is 11.8 Å². The molecule has 4 aromatic rings. The van der Waals surface area contributed by atoms with E-state index in [9.17, 15) is 14.1 Å². The zero-order valence-corrected chi connectivity index (χ0v) is 25.2. The van der Waals surface area contributed by atoms with Crippen LogP contribution in [0.5, 0.6) is 0 Å². The molecule has 0 radical (unpaired) electrons. The van der Waals surface area contributed by atoms with Gasteiger partial charge in [0.25, 0.3) is 11.8 Å². The Morgan fingerprint density at radius 1 is 1.05 bits per heavy atom. The third-order valence-corrected chi connectivity index (χ3v) is 9.52. The molecule has 3 heterocycles. The summed E-state index contributed by atoms with van der Waals surface area (Å²) in [6.07, 6.45) is 2.55. The highest BCUT2D eigenvalue weighted by Gasteiger charge is 2.37. The number of fused-ring (bicyclic) bond motifs is 1. The van der Waals surface area contributed by atoms with Gasteiger partial charge < -0.3 is 14.2 Å². The number of benzene rings is 3. The van der Waals surface area contributed by atoms with Gasteiger partial charge in [0.05, 0.1) is 24.6 Å². The van der Waals surface area contributed by atoms with Crippen LogP contribution in [0.25, 0.3) is 11.1 Å². The van der Waals surface area contributed by atoms with E-state index >= 15 is 0 Å². The van der Waals surface area contributed by atoms with Gasteiger partial charge in [-0.15, -0.1) is 16.1 Å². The van der Waals surface area contributed by atoms with Gasteiger partial charge in [-0.05, 0) is 65.6 Å². The maximum absolute atomic E-state index is 13.7. The van der Waals surface area contributed by atoms with E-state index in [1.807, 2.05) is 72.8 Å². The van der Waals surface area contributed by atoms with Gasteiger partial charge >= 0.3 is 0 Å². The Hall–Kier alpha value is -3.58. The number of rotatable bonds is 11. The molecule has 0 bridgehead atoms. The van der Waals surface area contributed by atoms with Gasteiger partial charge in [-0.3, -0.25) is 19.8 Å². The Morgan fingerprint density at radius 2 is 1.81 bits per heavy atom. The molecule has 2 aliphatic heterocycles. The number of ether oxygens (including phenoxy) is 1. The molecule has 2 aliphatic rings. The maximum atomic E-state index is 13.7. The zero-order chi connectivity index (χ0) is 29.6. The average Bonchev–Trinajstić information content (AvgIpc) is 3.68. The van der Waals surface area contributed by atoms with Gasteiger partial charge in [0, 0.05) is 43.3 Å².